The molecule has 0 spiro atoms. The Morgan fingerprint density at radius 1 is 0.265 bits per heavy atom. The number of nitrogens with zero attached hydrogens (tertiary/aromatic N) is 8. The molecular weight excluding hydrogens is 833 g/mol. The normalized spacial score (nSPS) is 25.8. The van der Waals surface area contributed by atoms with Gasteiger partial charge in [-0.05, 0) is 105 Å². The van der Waals surface area contributed by atoms with Crippen LogP contribution in [0.4, 0.5) is 22.7 Å². The van der Waals surface area contributed by atoms with E-state index in [2.05, 4.69) is 283 Å². The van der Waals surface area contributed by atoms with E-state index < -0.39 is 0 Å². The minimum atomic E-state index is -0.276. The van der Waals surface area contributed by atoms with Crippen molar-refractivity contribution in [2.45, 2.75) is 48.6 Å². The fourth-order valence-corrected chi connectivity index (χ4v) is 13.2. The molecule has 328 valence electrons. The zero-order chi connectivity index (χ0) is 44.5. The van der Waals surface area contributed by atoms with Crippen molar-refractivity contribution in [1.82, 2.24) is 20.0 Å². The van der Waals surface area contributed by atoms with Crippen LogP contribution in [0.15, 0.2) is 231 Å². The minimum absolute atomic E-state index is 0.0403. The summed E-state index contributed by atoms with van der Waals surface area (Å²) in [4.78, 5) is 0. The van der Waals surface area contributed by atoms with Gasteiger partial charge < -0.3 is 0 Å². The summed E-state index contributed by atoms with van der Waals surface area (Å²) < 4.78 is 0. The van der Waals surface area contributed by atoms with Crippen LogP contribution in [0, 0.1) is 0 Å². The van der Waals surface area contributed by atoms with Gasteiger partial charge in [0.2, 0.25) is 0 Å². The number of rotatable bonds is 4. The number of anilines is 4. The van der Waals surface area contributed by atoms with Crippen LogP contribution in [0.3, 0.4) is 0 Å². The van der Waals surface area contributed by atoms with Crippen molar-refractivity contribution in [2.24, 2.45) is 0 Å². The molecule has 7 aliphatic heterocycles. The van der Waals surface area contributed by atoms with E-state index in [4.69, 9.17) is 0 Å². The van der Waals surface area contributed by atoms with E-state index in [0.717, 1.165) is 22.7 Å². The summed E-state index contributed by atoms with van der Waals surface area (Å²) in [6, 6.07) is 81.6. The quantitative estimate of drug-likeness (QED) is 0.172. The van der Waals surface area contributed by atoms with E-state index in [0.29, 0.717) is 0 Å². The standard InChI is InChI=1S/C60H48N8/c1-5-23-43(24-6-1)63-59-53(55-47-31-15-13-21-41(47)37-39-61(55)63)49-33-17-19-35-51(49)57-66(46-29-11-4-12-30-46)68-58(65(67(57)59)45-27-9-3-10-28-45)52-36-20-18-34-50(52)54-56-48-32-16-14-22-42(48)38-40-62(56)64(60(54)68)44-25-7-2-8-26-44/h1-40,53-60H. The van der Waals surface area contributed by atoms with Crippen LogP contribution in [0.1, 0.15) is 80.8 Å². The van der Waals surface area contributed by atoms with Crippen LogP contribution >= 0.6 is 0 Å². The molecule has 0 N–H and O–H groups in total. The molecule has 8 nitrogen and oxygen atoms in total. The summed E-state index contributed by atoms with van der Waals surface area (Å²) >= 11 is 0. The van der Waals surface area contributed by atoms with Crippen molar-refractivity contribution < 1.29 is 0 Å². The molecule has 0 saturated carbocycles. The van der Waals surface area contributed by atoms with Crippen LogP contribution in [0.5, 0.6) is 0 Å². The lowest BCUT2D eigenvalue weighted by atomic mass is 9.76. The minimum Gasteiger partial charge on any atom is -0.283 e. The van der Waals surface area contributed by atoms with Crippen LogP contribution < -0.4 is 20.0 Å². The highest BCUT2D eigenvalue weighted by Crippen LogP contribution is 2.65. The largest absolute Gasteiger partial charge is 0.283 e. The Balaban J connectivity index is 1.06. The number of hydrogen-bond acceptors (Lipinski definition) is 8. The molecule has 8 atom stereocenters. The lowest BCUT2D eigenvalue weighted by molar-refractivity contribution is -0.0750. The highest BCUT2D eigenvalue weighted by molar-refractivity contribution is 5.68. The van der Waals surface area contributed by atoms with Crippen molar-refractivity contribution >= 4 is 34.9 Å². The molecule has 8 aromatic rings. The molecule has 0 aliphatic carbocycles. The number of hydrogen-bond donors (Lipinski definition) is 0. The van der Waals surface area contributed by atoms with Gasteiger partial charge in [-0.2, -0.15) is 10.0 Å². The Labute approximate surface area is 397 Å². The molecule has 7 heterocycles. The third-order valence-electron chi connectivity index (χ3n) is 15.7. The fourth-order valence-electron chi connectivity index (χ4n) is 13.2. The molecule has 3 saturated heterocycles. The van der Waals surface area contributed by atoms with Gasteiger partial charge in [-0.3, -0.25) is 30.1 Å². The number of para-hydroxylation sites is 4. The molecule has 0 radical (unpaired) electrons. The van der Waals surface area contributed by atoms with Crippen LogP contribution in [-0.2, 0) is 0 Å². The van der Waals surface area contributed by atoms with Crippen molar-refractivity contribution in [3.05, 3.63) is 275 Å². The Morgan fingerprint density at radius 2 is 0.559 bits per heavy atom. The average Bonchev–Trinajstić information content (AvgIpc) is 3.96. The van der Waals surface area contributed by atoms with Crippen molar-refractivity contribution in [1.29, 1.82) is 0 Å². The smallest absolute Gasteiger partial charge is 0.143 e. The lowest BCUT2D eigenvalue weighted by Gasteiger charge is -2.67. The predicted octanol–water partition coefficient (Wildman–Crippen LogP) is 12.6. The van der Waals surface area contributed by atoms with Crippen LogP contribution in [0.25, 0.3) is 12.2 Å². The maximum Gasteiger partial charge on any atom is 0.143 e. The first-order chi connectivity index (χ1) is 33.8. The zero-order valence-corrected chi connectivity index (χ0v) is 37.3. The highest BCUT2D eigenvalue weighted by Gasteiger charge is 2.67. The Morgan fingerprint density at radius 3 is 0.926 bits per heavy atom. The summed E-state index contributed by atoms with van der Waals surface area (Å²) in [7, 11) is 0. The van der Waals surface area contributed by atoms with Gasteiger partial charge in [-0.1, -0.05) is 170 Å². The summed E-state index contributed by atoms with van der Waals surface area (Å²) in [5, 5.41) is 21.3. The number of hydrazine groups is 4. The molecular formula is C60H48N8. The molecule has 0 amide bonds. The molecule has 8 aromatic carbocycles. The monoisotopic (exact) mass is 880 g/mol. The molecule has 8 heteroatoms. The van der Waals surface area contributed by atoms with Crippen LogP contribution in [0.2, 0.25) is 0 Å². The van der Waals surface area contributed by atoms with Gasteiger partial charge in [0.25, 0.3) is 0 Å². The van der Waals surface area contributed by atoms with Gasteiger partial charge in [-0.25, -0.2) is 0 Å². The van der Waals surface area contributed by atoms with E-state index in [-0.39, 0.29) is 48.6 Å². The maximum atomic E-state index is 2.79. The van der Waals surface area contributed by atoms with Crippen molar-refractivity contribution in [2.75, 3.05) is 20.0 Å². The van der Waals surface area contributed by atoms with Crippen LogP contribution in [-0.4, -0.2) is 32.4 Å². The van der Waals surface area contributed by atoms with E-state index in [1.165, 1.54) is 44.5 Å². The summed E-state index contributed by atoms with van der Waals surface area (Å²) in [5.41, 5.74) is 15.2. The first-order valence-electron chi connectivity index (χ1n) is 24.1. The lowest BCUT2D eigenvalue weighted by Crippen LogP contribution is -2.76. The molecule has 15 rings (SSSR count). The van der Waals surface area contributed by atoms with E-state index >= 15 is 0 Å². The summed E-state index contributed by atoms with van der Waals surface area (Å²) in [5.74, 6) is 0.109. The van der Waals surface area contributed by atoms with Gasteiger partial charge in [0.1, 0.15) is 24.7 Å². The second-order valence-electron chi connectivity index (χ2n) is 18.9. The van der Waals surface area contributed by atoms with E-state index in [1.807, 2.05) is 0 Å². The molecule has 8 unspecified atom stereocenters. The third-order valence-corrected chi connectivity index (χ3v) is 15.7. The molecule has 0 bridgehead atoms. The first kappa shape index (κ1) is 38.1. The maximum absolute atomic E-state index is 2.79. The topological polar surface area (TPSA) is 25.9 Å². The SMILES string of the molecule is C1=CN2C(c3ccccc31)C1c3ccccc3C3N(c4ccccc4)N4C5C(c6ccccc6C4N(c4ccccc4)N3C1N2c1ccccc1)C1c2ccccc2C=CN1N5c1ccccc1. The second kappa shape index (κ2) is 14.7. The van der Waals surface area contributed by atoms with Gasteiger partial charge in [0.05, 0.1) is 34.8 Å². The Kier molecular flexibility index (Phi) is 8.25. The summed E-state index contributed by atoms with van der Waals surface area (Å²) in [6.07, 6.45) is 8.42. The van der Waals surface area contributed by atoms with Crippen molar-refractivity contribution in [3.63, 3.8) is 0 Å². The Bertz CT molecular complexity index is 3050. The van der Waals surface area contributed by atoms with Gasteiger partial charge in [0, 0.05) is 24.2 Å². The first-order valence-corrected chi connectivity index (χ1v) is 24.1. The third kappa shape index (κ3) is 5.21. The van der Waals surface area contributed by atoms with E-state index in [1.54, 1.807) is 0 Å². The predicted molar refractivity (Wildman–Crippen MR) is 271 cm³/mol. The summed E-state index contributed by atoms with van der Waals surface area (Å²) in [6.45, 7) is 0. The highest BCUT2D eigenvalue weighted by atomic mass is 15.9. The van der Waals surface area contributed by atoms with E-state index in [9.17, 15) is 0 Å². The Hall–Kier alpha value is -8.04. The molecule has 68 heavy (non-hydrogen) atoms. The number of benzene rings is 8. The number of fused-ring (bicyclic) bond motifs is 20. The average molecular weight is 881 g/mol. The van der Waals surface area contributed by atoms with Gasteiger partial charge >= 0.3 is 0 Å². The molecule has 0 aromatic heterocycles. The van der Waals surface area contributed by atoms with Gasteiger partial charge in [0.15, 0.2) is 0 Å². The second-order valence-corrected chi connectivity index (χ2v) is 18.9. The molecule has 3 fully saturated rings. The fraction of sp³-hybridized carbons (Fsp3) is 0.133. The zero-order valence-electron chi connectivity index (χ0n) is 37.3. The van der Waals surface area contributed by atoms with Crippen molar-refractivity contribution in [3.8, 4) is 0 Å². The van der Waals surface area contributed by atoms with Gasteiger partial charge in [-0.15, -0.1) is 0 Å². The molecule has 7 aliphatic rings.